The lowest BCUT2D eigenvalue weighted by Crippen LogP contribution is -2.40. The van der Waals surface area contributed by atoms with Crippen molar-refractivity contribution in [1.82, 2.24) is 4.57 Å². The van der Waals surface area contributed by atoms with Crippen molar-refractivity contribution >= 4 is 58.2 Å². The van der Waals surface area contributed by atoms with Gasteiger partial charge in [0.25, 0.3) is 5.56 Å². The predicted octanol–water partition coefficient (Wildman–Crippen LogP) is 6.37. The van der Waals surface area contributed by atoms with E-state index in [9.17, 15) is 9.59 Å². The summed E-state index contributed by atoms with van der Waals surface area (Å²) in [4.78, 5) is 33.0. The fraction of sp³-hybridized carbons (Fsp3) is 0.265. The number of allylic oxidation sites excluding steroid dienone is 1. The normalized spacial score (nSPS) is 14.4. The first-order valence-corrected chi connectivity index (χ1v) is 16.5. The Kier molecular flexibility index (Phi) is 11.3. The Balaban J connectivity index is 1.65. The highest BCUT2D eigenvalue weighted by molar-refractivity contribution is 7.07. The van der Waals surface area contributed by atoms with Crippen LogP contribution in [-0.4, -0.2) is 44.6 Å². The standard InChI is InChI=1S/C34H31Cl3N2O7S/c1-5-44-31-24(7-6-8-27(31)43-4)30-29(33(41)45-14-13-42-3)19(2)38-34-39(30)32(40)28(47-34)16-21-15-22(35)11-12-26(21)46-18-20-9-10-23(36)17-25(20)37/h6-12,15-17,30H,5,13-14,18H2,1-4H3/b28-16+/t30-/m1/s1. The summed E-state index contributed by atoms with van der Waals surface area (Å²) in [5.41, 5.74) is 2.06. The highest BCUT2D eigenvalue weighted by Gasteiger charge is 2.36. The summed E-state index contributed by atoms with van der Waals surface area (Å²) in [7, 11) is 3.04. The lowest BCUT2D eigenvalue weighted by Gasteiger charge is -2.27. The molecule has 0 radical (unpaired) electrons. The van der Waals surface area contributed by atoms with E-state index in [0.717, 1.165) is 5.56 Å². The molecule has 9 nitrogen and oxygen atoms in total. The number of carbonyl (C=O) groups is 1. The molecule has 0 saturated heterocycles. The van der Waals surface area contributed by atoms with Crippen LogP contribution in [0, 0.1) is 0 Å². The van der Waals surface area contributed by atoms with Crippen LogP contribution in [0.25, 0.3) is 6.08 Å². The Bertz CT molecular complexity index is 2020. The van der Waals surface area contributed by atoms with Crippen LogP contribution in [0.2, 0.25) is 15.1 Å². The number of hydrogen-bond donors (Lipinski definition) is 0. The number of nitrogens with zero attached hydrogens (tertiary/aromatic N) is 2. The maximum Gasteiger partial charge on any atom is 0.338 e. The molecule has 47 heavy (non-hydrogen) atoms. The number of rotatable bonds is 12. The molecule has 1 aromatic heterocycles. The zero-order chi connectivity index (χ0) is 33.7. The molecule has 0 aliphatic carbocycles. The molecule has 0 bridgehead atoms. The van der Waals surface area contributed by atoms with Gasteiger partial charge in [-0.3, -0.25) is 9.36 Å². The van der Waals surface area contributed by atoms with E-state index in [1.807, 2.05) is 6.92 Å². The molecular formula is C34H31Cl3N2O7S. The van der Waals surface area contributed by atoms with Crippen molar-refractivity contribution in [2.75, 3.05) is 34.0 Å². The third-order valence-electron chi connectivity index (χ3n) is 7.23. The summed E-state index contributed by atoms with van der Waals surface area (Å²) >= 11 is 20.0. The average molecular weight is 718 g/mol. The molecular weight excluding hydrogens is 687 g/mol. The van der Waals surface area contributed by atoms with Gasteiger partial charge in [-0.1, -0.05) is 64.3 Å². The van der Waals surface area contributed by atoms with Crippen molar-refractivity contribution in [3.8, 4) is 17.2 Å². The second-order valence-electron chi connectivity index (χ2n) is 10.2. The number of esters is 1. The number of ether oxygens (including phenoxy) is 5. The van der Waals surface area contributed by atoms with E-state index in [0.29, 0.717) is 65.1 Å². The Morgan fingerprint density at radius 1 is 1.00 bits per heavy atom. The van der Waals surface area contributed by atoms with Crippen LogP contribution in [0.4, 0.5) is 0 Å². The second-order valence-corrected chi connectivity index (χ2v) is 12.5. The zero-order valence-electron chi connectivity index (χ0n) is 26.0. The van der Waals surface area contributed by atoms with Gasteiger partial charge in [0.05, 0.1) is 36.1 Å². The first kappa shape index (κ1) is 34.5. The fourth-order valence-electron chi connectivity index (χ4n) is 5.08. The van der Waals surface area contributed by atoms with Crippen LogP contribution in [0.3, 0.4) is 0 Å². The minimum absolute atomic E-state index is 0.0262. The third-order valence-corrected chi connectivity index (χ3v) is 9.04. The van der Waals surface area contributed by atoms with Gasteiger partial charge in [-0.05, 0) is 56.3 Å². The number of fused-ring (bicyclic) bond motifs is 1. The Morgan fingerprint density at radius 2 is 1.77 bits per heavy atom. The van der Waals surface area contributed by atoms with Gasteiger partial charge >= 0.3 is 5.97 Å². The molecule has 1 aliphatic heterocycles. The predicted molar refractivity (Wildman–Crippen MR) is 183 cm³/mol. The van der Waals surface area contributed by atoms with Crippen LogP contribution >= 0.6 is 46.1 Å². The van der Waals surface area contributed by atoms with Crippen molar-refractivity contribution in [3.63, 3.8) is 0 Å². The monoisotopic (exact) mass is 716 g/mol. The summed E-state index contributed by atoms with van der Waals surface area (Å²) in [6.07, 6.45) is 1.69. The van der Waals surface area contributed by atoms with Gasteiger partial charge < -0.3 is 23.7 Å². The molecule has 0 amide bonds. The Hall–Kier alpha value is -3.80. The maximum atomic E-state index is 14.3. The first-order chi connectivity index (χ1) is 22.7. The third kappa shape index (κ3) is 7.52. The molecule has 1 atom stereocenters. The van der Waals surface area contributed by atoms with Gasteiger partial charge in [-0.2, -0.15) is 0 Å². The molecule has 246 valence electrons. The second kappa shape index (κ2) is 15.4. The van der Waals surface area contributed by atoms with Crippen LogP contribution in [0.1, 0.15) is 36.6 Å². The van der Waals surface area contributed by atoms with Gasteiger partial charge in [0, 0.05) is 38.9 Å². The van der Waals surface area contributed by atoms with Crippen molar-refractivity contribution in [1.29, 1.82) is 0 Å². The van der Waals surface area contributed by atoms with Crippen LogP contribution in [0.5, 0.6) is 17.2 Å². The topological polar surface area (TPSA) is 97.6 Å². The van der Waals surface area contributed by atoms with Crippen LogP contribution in [-0.2, 0) is 20.9 Å². The van der Waals surface area contributed by atoms with E-state index in [2.05, 4.69) is 4.99 Å². The molecule has 13 heteroatoms. The molecule has 0 fully saturated rings. The van der Waals surface area contributed by atoms with Crippen molar-refractivity contribution < 1.29 is 28.5 Å². The molecule has 0 unspecified atom stereocenters. The molecule has 4 aromatic rings. The summed E-state index contributed by atoms with van der Waals surface area (Å²) in [6, 6.07) is 14.7. The fourth-order valence-corrected chi connectivity index (χ4v) is 6.76. The number of para-hydroxylation sites is 1. The average Bonchev–Trinajstić information content (AvgIpc) is 3.34. The number of thiazole rings is 1. The molecule has 0 N–H and O–H groups in total. The smallest absolute Gasteiger partial charge is 0.338 e. The number of carbonyl (C=O) groups excluding carboxylic acids is 1. The maximum absolute atomic E-state index is 14.3. The van der Waals surface area contributed by atoms with Gasteiger partial charge in [-0.15, -0.1) is 0 Å². The van der Waals surface area contributed by atoms with E-state index in [4.69, 9.17) is 58.5 Å². The van der Waals surface area contributed by atoms with Crippen LogP contribution in [0.15, 0.2) is 75.7 Å². The number of methoxy groups -OCH3 is 2. The molecule has 3 aromatic carbocycles. The van der Waals surface area contributed by atoms with E-state index in [1.54, 1.807) is 67.6 Å². The van der Waals surface area contributed by atoms with E-state index in [-0.39, 0.29) is 31.0 Å². The Labute approximate surface area is 290 Å². The lowest BCUT2D eigenvalue weighted by atomic mass is 9.94. The summed E-state index contributed by atoms with van der Waals surface area (Å²) in [5.74, 6) is 0.710. The van der Waals surface area contributed by atoms with Gasteiger partial charge in [-0.25, -0.2) is 9.79 Å². The van der Waals surface area contributed by atoms with Crippen molar-refractivity contribution in [2.45, 2.75) is 26.5 Å². The van der Waals surface area contributed by atoms with E-state index >= 15 is 0 Å². The first-order valence-electron chi connectivity index (χ1n) is 14.5. The van der Waals surface area contributed by atoms with Gasteiger partial charge in [0.1, 0.15) is 25.0 Å². The molecule has 2 heterocycles. The molecule has 5 rings (SSSR count). The minimum Gasteiger partial charge on any atom is -0.493 e. The largest absolute Gasteiger partial charge is 0.493 e. The van der Waals surface area contributed by atoms with Gasteiger partial charge in [0.15, 0.2) is 16.3 Å². The SMILES string of the molecule is CCOc1c(OC)cccc1[C@@H]1C(C(=O)OCCOC)=C(C)N=c2s/c(=C/c3cc(Cl)ccc3OCc3ccc(Cl)cc3Cl)c(=O)n21. The lowest BCUT2D eigenvalue weighted by molar-refractivity contribution is -0.140. The number of halogens is 3. The summed E-state index contributed by atoms with van der Waals surface area (Å²) in [6.45, 7) is 4.27. The molecule has 1 aliphatic rings. The minimum atomic E-state index is -0.928. The van der Waals surface area contributed by atoms with Crippen molar-refractivity contribution in [2.24, 2.45) is 4.99 Å². The quantitative estimate of drug-likeness (QED) is 0.124. The molecule has 0 spiro atoms. The highest BCUT2D eigenvalue weighted by atomic mass is 35.5. The Morgan fingerprint density at radius 3 is 2.49 bits per heavy atom. The number of hydrogen-bond acceptors (Lipinski definition) is 9. The zero-order valence-corrected chi connectivity index (χ0v) is 29.1. The van der Waals surface area contributed by atoms with E-state index in [1.165, 1.54) is 30.1 Å². The summed E-state index contributed by atoms with van der Waals surface area (Å²) in [5, 5.41) is 1.44. The number of benzene rings is 3. The molecule has 0 saturated carbocycles. The van der Waals surface area contributed by atoms with Crippen molar-refractivity contribution in [3.05, 3.63) is 117 Å². The number of aromatic nitrogens is 1. The van der Waals surface area contributed by atoms with Gasteiger partial charge in [0.2, 0.25) is 0 Å². The van der Waals surface area contributed by atoms with Crippen LogP contribution < -0.4 is 29.1 Å². The summed E-state index contributed by atoms with van der Waals surface area (Å²) < 4.78 is 30.2. The van der Waals surface area contributed by atoms with E-state index < -0.39 is 12.0 Å². The highest BCUT2D eigenvalue weighted by Crippen LogP contribution is 2.41.